The molecular weight excluding hydrogens is 354 g/mol. The number of halogens is 3. The zero-order valence-corrected chi connectivity index (χ0v) is 16.9. The molecule has 2 aromatic rings. The van der Waals surface area contributed by atoms with Gasteiger partial charge in [0.05, 0.1) is 20.1 Å². The van der Waals surface area contributed by atoms with Crippen molar-refractivity contribution in [3.63, 3.8) is 0 Å². The number of ether oxygens (including phenoxy) is 2. The summed E-state index contributed by atoms with van der Waals surface area (Å²) >= 11 is 18.6. The van der Waals surface area contributed by atoms with Crippen molar-refractivity contribution < 1.29 is 40.5 Å². The molecule has 0 N–H and O–H groups in total. The summed E-state index contributed by atoms with van der Waals surface area (Å²) in [5.41, 5.74) is 1.81. The Morgan fingerprint density at radius 2 is 1.09 bits per heavy atom. The van der Waals surface area contributed by atoms with E-state index in [2.05, 4.69) is 0 Å². The van der Waals surface area contributed by atoms with E-state index in [9.17, 15) is 0 Å². The number of hydrogen-bond donors (Lipinski definition) is 0. The molecule has 0 aliphatic heterocycles. The Hall–Kier alpha value is -0.0900. The molecule has 0 aliphatic carbocycles. The predicted molar refractivity (Wildman–Crippen MR) is 89.2 cm³/mol. The largest absolute Gasteiger partial charge is 1.00 e. The van der Waals surface area contributed by atoms with Gasteiger partial charge in [-0.1, -0.05) is 59.1 Å². The van der Waals surface area contributed by atoms with Crippen LogP contribution in [-0.4, -0.2) is 18.0 Å². The van der Waals surface area contributed by atoms with Gasteiger partial charge in [0.15, 0.2) is 0 Å². The van der Waals surface area contributed by atoms with E-state index >= 15 is 0 Å². The minimum atomic E-state index is -1.46. The average Bonchev–Trinajstić information content (AvgIpc) is 2.47. The zero-order valence-electron chi connectivity index (χ0n) is 13.6. The van der Waals surface area contributed by atoms with Gasteiger partial charge in [-0.3, -0.25) is 0 Å². The molecule has 0 heterocycles. The number of rotatable bonds is 4. The first-order chi connectivity index (χ1) is 9.95. The van der Waals surface area contributed by atoms with Gasteiger partial charge in [0.2, 0.25) is 3.79 Å². The molecule has 22 heavy (non-hydrogen) atoms. The second-order valence-corrected chi connectivity index (χ2v) is 6.89. The van der Waals surface area contributed by atoms with Crippen molar-refractivity contribution in [2.45, 2.75) is 9.71 Å². The Morgan fingerprint density at radius 3 is 1.32 bits per heavy atom. The summed E-state index contributed by atoms with van der Waals surface area (Å²) in [5.74, 6) is 1.15. The summed E-state index contributed by atoms with van der Waals surface area (Å²) in [6.45, 7) is 0. The predicted octanol–water partition coefficient (Wildman–Crippen LogP) is 2.32. The van der Waals surface area contributed by atoms with Crippen LogP contribution in [0.15, 0.2) is 48.5 Å². The minimum absolute atomic E-state index is 0. The Bertz CT molecular complexity index is 538. The maximum atomic E-state index is 6.18. The van der Waals surface area contributed by atoms with E-state index in [4.69, 9.17) is 44.3 Å². The van der Waals surface area contributed by atoms with Gasteiger partial charge in [0.1, 0.15) is 11.5 Å². The summed E-state index contributed by atoms with van der Waals surface area (Å²) in [5, 5.41) is 0. The monoisotopic (exact) mass is 368 g/mol. The third kappa shape index (κ3) is 4.95. The number of methoxy groups -OCH3 is 2. The van der Waals surface area contributed by atoms with E-state index in [0.29, 0.717) is 0 Å². The molecule has 0 radical (unpaired) electrons. The van der Waals surface area contributed by atoms with Crippen molar-refractivity contribution in [3.05, 3.63) is 59.7 Å². The molecular formula is C16H16Cl3NaO2. The second-order valence-electron chi connectivity index (χ2n) is 4.52. The standard InChI is InChI=1S/C16H15Cl3O2.Na.H/c1-20-13-7-3-11(4-8-13)15(16(17,18)19)12-5-9-14(21-2)10-6-12;;/h3-10,15H,1-2H3;;/q;+1;-1. The third-order valence-corrected chi connectivity index (χ3v) is 3.88. The van der Waals surface area contributed by atoms with Crippen molar-refractivity contribution >= 4 is 34.8 Å². The molecule has 0 unspecified atom stereocenters. The zero-order chi connectivity index (χ0) is 15.5. The van der Waals surface area contributed by atoms with Gasteiger partial charge in [-0.2, -0.15) is 0 Å². The molecule has 0 amide bonds. The van der Waals surface area contributed by atoms with Crippen LogP contribution in [0.3, 0.4) is 0 Å². The van der Waals surface area contributed by atoms with Gasteiger partial charge in [-0.25, -0.2) is 0 Å². The van der Waals surface area contributed by atoms with Gasteiger partial charge in [0.25, 0.3) is 0 Å². The SMILES string of the molecule is COc1ccc(C(c2ccc(OC)cc2)C(Cl)(Cl)Cl)cc1.[H-].[Na+]. The fourth-order valence-corrected chi connectivity index (χ4v) is 2.92. The summed E-state index contributed by atoms with van der Waals surface area (Å²) in [4.78, 5) is 0. The fourth-order valence-electron chi connectivity index (χ4n) is 2.16. The molecule has 2 nitrogen and oxygen atoms in total. The molecule has 0 spiro atoms. The van der Waals surface area contributed by atoms with E-state index in [1.54, 1.807) is 14.2 Å². The van der Waals surface area contributed by atoms with Crippen LogP contribution in [0.1, 0.15) is 18.5 Å². The first kappa shape index (κ1) is 20.0. The van der Waals surface area contributed by atoms with Crippen molar-refractivity contribution in [1.29, 1.82) is 0 Å². The van der Waals surface area contributed by atoms with Crippen LogP contribution in [0, 0.1) is 0 Å². The van der Waals surface area contributed by atoms with E-state index in [0.717, 1.165) is 22.6 Å². The van der Waals surface area contributed by atoms with E-state index in [1.165, 1.54) is 0 Å². The molecule has 2 rings (SSSR count). The topological polar surface area (TPSA) is 18.5 Å². The molecule has 0 bridgehead atoms. The Kier molecular flexibility index (Phi) is 7.87. The minimum Gasteiger partial charge on any atom is -1.00 e. The van der Waals surface area contributed by atoms with Gasteiger partial charge in [0, 0.05) is 0 Å². The molecule has 6 heteroatoms. The van der Waals surface area contributed by atoms with Gasteiger partial charge in [-0.15, -0.1) is 0 Å². The quantitative estimate of drug-likeness (QED) is 0.608. The summed E-state index contributed by atoms with van der Waals surface area (Å²) in [6, 6.07) is 15.0. The van der Waals surface area contributed by atoms with E-state index in [-0.39, 0.29) is 36.9 Å². The maximum absolute atomic E-state index is 6.18. The molecule has 0 aliphatic rings. The van der Waals surface area contributed by atoms with Crippen LogP contribution >= 0.6 is 34.8 Å². The van der Waals surface area contributed by atoms with Crippen molar-refractivity contribution in [2.24, 2.45) is 0 Å². The molecule has 0 aromatic heterocycles. The maximum Gasteiger partial charge on any atom is 1.00 e. The van der Waals surface area contributed by atoms with Gasteiger partial charge < -0.3 is 10.9 Å². The second kappa shape index (κ2) is 8.68. The third-order valence-electron chi connectivity index (χ3n) is 3.23. The Labute approximate surface area is 169 Å². The molecule has 114 valence electrons. The molecule has 0 saturated carbocycles. The average molecular weight is 370 g/mol. The fraction of sp³-hybridized carbons (Fsp3) is 0.250. The number of alkyl halides is 3. The Morgan fingerprint density at radius 1 is 0.773 bits per heavy atom. The molecule has 0 fully saturated rings. The van der Waals surface area contributed by atoms with Crippen LogP contribution in [0.5, 0.6) is 11.5 Å². The Balaban J connectivity index is 0.00000242. The van der Waals surface area contributed by atoms with Crippen LogP contribution in [0.2, 0.25) is 0 Å². The van der Waals surface area contributed by atoms with Gasteiger partial charge >= 0.3 is 29.6 Å². The van der Waals surface area contributed by atoms with Crippen molar-refractivity contribution in [1.82, 2.24) is 0 Å². The molecule has 0 saturated heterocycles. The van der Waals surface area contributed by atoms with Gasteiger partial charge in [-0.05, 0) is 35.4 Å². The van der Waals surface area contributed by atoms with E-state index in [1.807, 2.05) is 48.5 Å². The summed E-state index contributed by atoms with van der Waals surface area (Å²) < 4.78 is 8.85. The van der Waals surface area contributed by atoms with Crippen LogP contribution in [0.25, 0.3) is 0 Å². The number of benzene rings is 2. The summed E-state index contributed by atoms with van der Waals surface area (Å²) in [6.07, 6.45) is 0. The smallest absolute Gasteiger partial charge is 1.00 e. The normalized spacial score (nSPS) is 11.0. The van der Waals surface area contributed by atoms with Crippen molar-refractivity contribution in [3.8, 4) is 11.5 Å². The molecule has 2 aromatic carbocycles. The first-order valence-corrected chi connectivity index (χ1v) is 7.43. The number of hydrogen-bond acceptors (Lipinski definition) is 2. The first-order valence-electron chi connectivity index (χ1n) is 6.30. The van der Waals surface area contributed by atoms with E-state index < -0.39 is 3.79 Å². The van der Waals surface area contributed by atoms with Crippen LogP contribution < -0.4 is 39.0 Å². The van der Waals surface area contributed by atoms with Crippen LogP contribution in [-0.2, 0) is 0 Å². The van der Waals surface area contributed by atoms with Crippen LogP contribution in [0.4, 0.5) is 0 Å². The van der Waals surface area contributed by atoms with Crippen molar-refractivity contribution in [2.75, 3.05) is 14.2 Å². The molecule has 0 atom stereocenters. The summed E-state index contributed by atoms with van der Waals surface area (Å²) in [7, 11) is 3.23.